The number of benzene rings is 1. The molecule has 6 rings (SSSR count). The number of carbonyl (C=O) groups excluding carboxylic acids is 3. The molecule has 1 saturated heterocycles. The van der Waals surface area contributed by atoms with Gasteiger partial charge in [0, 0.05) is 55.5 Å². The zero-order valence-corrected chi connectivity index (χ0v) is 25.3. The summed E-state index contributed by atoms with van der Waals surface area (Å²) in [6, 6.07) is 3.03. The summed E-state index contributed by atoms with van der Waals surface area (Å²) in [5.74, 6) is -1.43. The smallest absolute Gasteiger partial charge is 0.248 e. The molecule has 3 atom stereocenters. The number of likely N-dealkylation sites (tertiary alicyclic amines) is 1. The predicted octanol–water partition coefficient (Wildman–Crippen LogP) is 5.54. The number of pyridine rings is 1. The van der Waals surface area contributed by atoms with Gasteiger partial charge in [0.05, 0.1) is 5.52 Å². The van der Waals surface area contributed by atoms with Crippen LogP contribution in [-0.4, -0.2) is 54.1 Å². The average molecular weight is 636 g/mol. The number of halogens is 2. The lowest BCUT2D eigenvalue weighted by atomic mass is 10.0. The standard InChI is InChI=1S/C31H30BrFN6O3/c1-15-6-19(20-11-34-18(4)35-12-20)7-21-22(17(3)40)13-38(28(15)21)14-27(41)39-24(9-31(5)10-25(31)39)30(42)37-29-16(2)23(33)8-26(32)36-29/h6-8,11-13,24-25H,9-10,14H2,1-5H3,(H,36,37,42)/t24-,25+,31-/m0/s1/i9D2. The molecule has 4 heterocycles. The van der Waals surface area contributed by atoms with E-state index < -0.39 is 41.5 Å². The summed E-state index contributed by atoms with van der Waals surface area (Å²) < 4.78 is 34.1. The zero-order valence-electron chi connectivity index (χ0n) is 25.7. The zero-order chi connectivity index (χ0) is 31.9. The Morgan fingerprint density at radius 2 is 1.88 bits per heavy atom. The molecule has 0 spiro atoms. The number of aryl methyl sites for hydroxylation is 2. The van der Waals surface area contributed by atoms with Gasteiger partial charge in [-0.2, -0.15) is 0 Å². The van der Waals surface area contributed by atoms with E-state index in [0.29, 0.717) is 28.7 Å². The van der Waals surface area contributed by atoms with Crippen molar-refractivity contribution in [2.75, 3.05) is 5.32 Å². The van der Waals surface area contributed by atoms with Crippen LogP contribution in [0.3, 0.4) is 0 Å². The third-order valence-electron chi connectivity index (χ3n) is 8.19. The first-order chi connectivity index (χ1) is 20.6. The van der Waals surface area contributed by atoms with Gasteiger partial charge in [-0.1, -0.05) is 6.92 Å². The van der Waals surface area contributed by atoms with Crippen molar-refractivity contribution >= 4 is 50.2 Å². The number of fused-ring (bicyclic) bond motifs is 2. The molecule has 1 aliphatic carbocycles. The first-order valence-corrected chi connectivity index (χ1v) is 14.3. The van der Waals surface area contributed by atoms with Gasteiger partial charge in [0.1, 0.15) is 34.6 Å². The van der Waals surface area contributed by atoms with Crippen LogP contribution in [0.15, 0.2) is 41.4 Å². The Morgan fingerprint density at radius 3 is 2.57 bits per heavy atom. The molecule has 9 nitrogen and oxygen atoms in total. The molecule has 2 aliphatic rings. The first-order valence-electron chi connectivity index (χ1n) is 14.5. The van der Waals surface area contributed by atoms with Crippen molar-refractivity contribution in [3.63, 3.8) is 0 Å². The highest BCUT2D eigenvalue weighted by Gasteiger charge is 2.64. The largest absolute Gasteiger partial charge is 0.337 e. The number of Topliss-reactive ketones (excluding diaryl/α,β-unsaturated/α-hetero) is 1. The van der Waals surface area contributed by atoms with Crippen LogP contribution in [0.4, 0.5) is 10.2 Å². The number of hydrogen-bond donors (Lipinski definition) is 1. The van der Waals surface area contributed by atoms with Crippen LogP contribution in [0.25, 0.3) is 22.0 Å². The van der Waals surface area contributed by atoms with Gasteiger partial charge < -0.3 is 14.8 Å². The highest BCUT2D eigenvalue weighted by molar-refractivity contribution is 9.10. The van der Waals surface area contributed by atoms with E-state index in [9.17, 15) is 18.8 Å². The van der Waals surface area contributed by atoms with Crippen LogP contribution in [0.1, 0.15) is 56.7 Å². The molecule has 42 heavy (non-hydrogen) atoms. The number of amides is 2. The molecule has 4 aromatic rings. The van der Waals surface area contributed by atoms with Gasteiger partial charge in [-0.25, -0.2) is 19.3 Å². The Kier molecular flexibility index (Phi) is 6.17. The summed E-state index contributed by atoms with van der Waals surface area (Å²) in [5, 5.41) is 3.23. The van der Waals surface area contributed by atoms with Crippen molar-refractivity contribution in [2.24, 2.45) is 5.41 Å². The number of rotatable bonds is 6. The summed E-state index contributed by atoms with van der Waals surface area (Å²) in [6.45, 7) is 8.12. The Hall–Kier alpha value is -3.99. The molecular formula is C31H30BrFN6O3. The van der Waals surface area contributed by atoms with Gasteiger partial charge in [-0.3, -0.25) is 14.4 Å². The summed E-state index contributed by atoms with van der Waals surface area (Å²) in [7, 11) is 0. The van der Waals surface area contributed by atoms with Crippen molar-refractivity contribution in [3.8, 4) is 11.1 Å². The van der Waals surface area contributed by atoms with E-state index in [2.05, 4.69) is 36.2 Å². The van der Waals surface area contributed by atoms with Crippen LogP contribution < -0.4 is 5.32 Å². The molecule has 1 aliphatic heterocycles. The van der Waals surface area contributed by atoms with Crippen LogP contribution in [-0.2, 0) is 16.1 Å². The number of carbonyl (C=O) groups is 3. The van der Waals surface area contributed by atoms with E-state index in [1.807, 2.05) is 19.1 Å². The van der Waals surface area contributed by atoms with Gasteiger partial charge in [-0.15, -0.1) is 0 Å². The fraction of sp³-hybridized carbons (Fsp3) is 0.355. The lowest BCUT2D eigenvalue weighted by Gasteiger charge is -2.27. The minimum atomic E-state index is -2.06. The van der Waals surface area contributed by atoms with E-state index in [1.54, 1.807) is 37.0 Å². The number of aromatic nitrogens is 4. The maximum Gasteiger partial charge on any atom is 0.248 e. The molecule has 2 fully saturated rings. The third-order valence-corrected chi connectivity index (χ3v) is 8.60. The number of ketones is 1. The van der Waals surface area contributed by atoms with E-state index in [1.165, 1.54) is 24.8 Å². The maximum atomic E-state index is 14.4. The third kappa shape index (κ3) is 4.79. The quantitative estimate of drug-likeness (QED) is 0.220. The number of nitrogens with one attached hydrogen (secondary N) is 1. The van der Waals surface area contributed by atoms with Crippen molar-refractivity contribution in [1.82, 2.24) is 24.4 Å². The van der Waals surface area contributed by atoms with E-state index in [0.717, 1.165) is 16.7 Å². The van der Waals surface area contributed by atoms with E-state index >= 15 is 0 Å². The number of nitrogens with zero attached hydrogens (tertiary/aromatic N) is 5. The fourth-order valence-corrected chi connectivity index (χ4v) is 6.21. The highest BCUT2D eigenvalue weighted by atomic mass is 79.9. The lowest BCUT2D eigenvalue weighted by molar-refractivity contribution is -0.138. The topological polar surface area (TPSA) is 110 Å². The van der Waals surface area contributed by atoms with Crippen LogP contribution in [0, 0.1) is 32.0 Å². The average Bonchev–Trinajstić information content (AvgIpc) is 3.44. The lowest BCUT2D eigenvalue weighted by Crippen LogP contribution is -2.46. The molecule has 2 amide bonds. The number of anilines is 1. The first kappa shape index (κ1) is 25.7. The van der Waals surface area contributed by atoms with E-state index in [4.69, 9.17) is 2.74 Å². The Morgan fingerprint density at radius 1 is 1.17 bits per heavy atom. The molecule has 0 radical (unpaired) electrons. The second-order valence-electron chi connectivity index (χ2n) is 11.3. The molecular weight excluding hydrogens is 603 g/mol. The molecule has 216 valence electrons. The summed E-state index contributed by atoms with van der Waals surface area (Å²) >= 11 is 3.12. The molecule has 0 unspecified atom stereocenters. The monoisotopic (exact) mass is 634 g/mol. The fourth-order valence-electron chi connectivity index (χ4n) is 5.83. The molecule has 1 saturated carbocycles. The molecule has 11 heteroatoms. The van der Waals surface area contributed by atoms with Crippen LogP contribution in [0.5, 0.6) is 0 Å². The van der Waals surface area contributed by atoms with Crippen molar-refractivity contribution in [2.45, 2.75) is 66.0 Å². The Balaban J connectivity index is 1.36. The normalized spacial score (nSPS) is 22.9. The van der Waals surface area contributed by atoms with Gasteiger partial charge in [0.2, 0.25) is 11.8 Å². The summed E-state index contributed by atoms with van der Waals surface area (Å²) in [4.78, 5) is 54.5. The van der Waals surface area contributed by atoms with Gasteiger partial charge in [0.25, 0.3) is 0 Å². The van der Waals surface area contributed by atoms with Crippen molar-refractivity contribution in [1.29, 1.82) is 0 Å². The summed E-state index contributed by atoms with van der Waals surface area (Å²) in [6.07, 6.45) is 3.42. The SMILES string of the molecule is [2H]C1([2H])[C@@H](C(=O)Nc2nc(Br)cc(F)c2C)N(C(=O)Cn2cc(C(C)=O)c3cc(-c4cnc(C)nc4)cc(C)c32)[C@@H]2C[C@@]21C. The van der Waals surface area contributed by atoms with Crippen molar-refractivity contribution < 1.29 is 21.5 Å². The van der Waals surface area contributed by atoms with Gasteiger partial charge >= 0.3 is 0 Å². The van der Waals surface area contributed by atoms with Gasteiger partial charge in [-0.05, 0) is 85.1 Å². The maximum absolute atomic E-state index is 14.4. The second kappa shape index (κ2) is 10.1. The second-order valence-corrected chi connectivity index (χ2v) is 12.1. The number of hydrogen-bond acceptors (Lipinski definition) is 6. The van der Waals surface area contributed by atoms with E-state index in [-0.39, 0.29) is 28.3 Å². The summed E-state index contributed by atoms with van der Waals surface area (Å²) in [5.41, 5.74) is 2.73. The Labute approximate surface area is 253 Å². The van der Waals surface area contributed by atoms with Crippen LogP contribution >= 0.6 is 15.9 Å². The molecule has 3 aromatic heterocycles. The highest BCUT2D eigenvalue weighted by Crippen LogP contribution is 2.59. The minimum absolute atomic E-state index is 0.0521. The van der Waals surface area contributed by atoms with Gasteiger partial charge in [0.15, 0.2) is 5.78 Å². The predicted molar refractivity (Wildman–Crippen MR) is 159 cm³/mol. The van der Waals surface area contributed by atoms with Crippen LogP contribution in [0.2, 0.25) is 0 Å². The number of piperidine rings is 1. The molecule has 0 bridgehead atoms. The minimum Gasteiger partial charge on any atom is -0.337 e. The Bertz CT molecular complexity index is 1900. The van der Waals surface area contributed by atoms with Crippen molar-refractivity contribution in [3.05, 3.63) is 69.7 Å². The molecule has 1 N–H and O–H groups in total. The molecule has 1 aromatic carbocycles.